The molecule has 1 amide bonds. The van der Waals surface area contributed by atoms with Crippen molar-refractivity contribution < 1.29 is 9.00 Å². The number of benzene rings is 1. The van der Waals surface area contributed by atoms with Crippen molar-refractivity contribution in [3.63, 3.8) is 0 Å². The van der Waals surface area contributed by atoms with E-state index in [1.165, 1.54) is 12.8 Å². The van der Waals surface area contributed by atoms with E-state index in [1.807, 2.05) is 19.9 Å². The summed E-state index contributed by atoms with van der Waals surface area (Å²) in [6.07, 6.45) is 10.7. The van der Waals surface area contributed by atoms with Gasteiger partial charge in [0, 0.05) is 57.5 Å². The standard InChI is InChI=1S/C25H31N3O2S/c1-15-10-17(3)27-18(4)22(15)13-26-25(29)21-11-20(31(5)30)12-23-24(21)16(2)14-28(23)19-8-6-7-9-19/h10-12,14,19,27H,4,6-9,13H2,1-3,5H3,(H,26,29). The van der Waals surface area contributed by atoms with Gasteiger partial charge in [-0.1, -0.05) is 19.4 Å². The Labute approximate surface area is 186 Å². The molecule has 164 valence electrons. The molecule has 0 radical (unpaired) electrons. The second-order valence-electron chi connectivity index (χ2n) is 8.75. The minimum absolute atomic E-state index is 0.149. The molecule has 1 fully saturated rings. The van der Waals surface area contributed by atoms with Crippen LogP contribution in [0.3, 0.4) is 0 Å². The van der Waals surface area contributed by atoms with Crippen LogP contribution in [-0.4, -0.2) is 27.5 Å². The Morgan fingerprint density at radius 3 is 2.61 bits per heavy atom. The fraction of sp³-hybridized carbons (Fsp3) is 0.400. The number of allylic oxidation sites excluding steroid dienone is 3. The van der Waals surface area contributed by atoms with Crippen molar-refractivity contribution in [2.45, 2.75) is 57.4 Å². The molecular formula is C25H31N3O2S. The molecule has 2 aliphatic rings. The van der Waals surface area contributed by atoms with E-state index in [9.17, 15) is 9.00 Å². The normalized spacial score (nSPS) is 18.3. The zero-order valence-electron chi connectivity index (χ0n) is 18.8. The summed E-state index contributed by atoms with van der Waals surface area (Å²) in [6.45, 7) is 10.6. The van der Waals surface area contributed by atoms with Gasteiger partial charge in [-0.15, -0.1) is 0 Å². The van der Waals surface area contributed by atoms with Crippen molar-refractivity contribution in [1.29, 1.82) is 0 Å². The molecule has 0 spiro atoms. The van der Waals surface area contributed by atoms with Crippen LogP contribution < -0.4 is 10.6 Å². The lowest BCUT2D eigenvalue weighted by Gasteiger charge is -2.21. The zero-order valence-corrected chi connectivity index (χ0v) is 19.6. The van der Waals surface area contributed by atoms with Crippen LogP contribution in [-0.2, 0) is 10.8 Å². The number of nitrogens with zero attached hydrogens (tertiary/aromatic N) is 1. The fourth-order valence-corrected chi connectivity index (χ4v) is 5.46. The Morgan fingerprint density at radius 2 is 1.97 bits per heavy atom. The lowest BCUT2D eigenvalue weighted by Crippen LogP contribution is -2.30. The molecular weight excluding hydrogens is 406 g/mol. The number of carbonyl (C=O) groups excluding carboxylic acids is 1. The Hall–Kier alpha value is -2.60. The summed E-state index contributed by atoms with van der Waals surface area (Å²) in [5.74, 6) is -0.149. The second-order valence-corrected chi connectivity index (χ2v) is 10.1. The van der Waals surface area contributed by atoms with Crippen LogP contribution in [0.15, 0.2) is 58.4 Å². The molecule has 31 heavy (non-hydrogen) atoms. The first-order valence-corrected chi connectivity index (χ1v) is 12.4. The van der Waals surface area contributed by atoms with Gasteiger partial charge in [0.15, 0.2) is 0 Å². The molecule has 1 aromatic heterocycles. The molecule has 1 atom stereocenters. The maximum atomic E-state index is 13.3. The summed E-state index contributed by atoms with van der Waals surface area (Å²) in [5, 5.41) is 7.27. The number of amides is 1. The molecule has 1 saturated carbocycles. The Balaban J connectivity index is 1.72. The van der Waals surface area contributed by atoms with Crippen LogP contribution >= 0.6 is 0 Å². The first kappa shape index (κ1) is 21.6. The molecule has 4 rings (SSSR count). The topological polar surface area (TPSA) is 63.1 Å². The van der Waals surface area contributed by atoms with Crippen molar-refractivity contribution in [2.24, 2.45) is 0 Å². The van der Waals surface area contributed by atoms with E-state index in [2.05, 4.69) is 41.0 Å². The molecule has 6 heteroatoms. The molecule has 1 aromatic carbocycles. The second kappa shape index (κ2) is 8.50. The van der Waals surface area contributed by atoms with Crippen molar-refractivity contribution in [2.75, 3.05) is 12.8 Å². The van der Waals surface area contributed by atoms with E-state index < -0.39 is 10.8 Å². The summed E-state index contributed by atoms with van der Waals surface area (Å²) in [5.41, 5.74) is 6.63. The van der Waals surface area contributed by atoms with Gasteiger partial charge >= 0.3 is 0 Å². The molecule has 1 unspecified atom stereocenters. The van der Waals surface area contributed by atoms with Crippen LogP contribution in [0, 0.1) is 6.92 Å². The molecule has 2 aromatic rings. The molecule has 1 aliphatic carbocycles. The minimum Gasteiger partial charge on any atom is -0.359 e. The Morgan fingerprint density at radius 1 is 1.26 bits per heavy atom. The third-order valence-corrected chi connectivity index (χ3v) is 7.34. The van der Waals surface area contributed by atoms with E-state index in [0.29, 0.717) is 23.0 Å². The Kier molecular flexibility index (Phi) is 5.93. The van der Waals surface area contributed by atoms with Gasteiger partial charge in [-0.25, -0.2) is 0 Å². The molecule has 2 N–H and O–H groups in total. The number of hydrogen-bond acceptors (Lipinski definition) is 3. The highest BCUT2D eigenvalue weighted by Crippen LogP contribution is 2.36. The van der Waals surface area contributed by atoms with Crippen molar-refractivity contribution in [3.8, 4) is 0 Å². The van der Waals surface area contributed by atoms with Gasteiger partial charge in [0.05, 0.1) is 11.1 Å². The maximum absolute atomic E-state index is 13.3. The third kappa shape index (κ3) is 4.13. The highest BCUT2D eigenvalue weighted by Gasteiger charge is 2.24. The molecule has 1 aliphatic heterocycles. The predicted octanol–water partition coefficient (Wildman–Crippen LogP) is 4.87. The smallest absolute Gasteiger partial charge is 0.252 e. The van der Waals surface area contributed by atoms with Gasteiger partial charge in [-0.2, -0.15) is 0 Å². The predicted molar refractivity (Wildman–Crippen MR) is 128 cm³/mol. The number of rotatable bonds is 5. The van der Waals surface area contributed by atoms with Crippen molar-refractivity contribution in [1.82, 2.24) is 15.2 Å². The SMILES string of the molecule is C=C1NC(C)=CC(C)=C1CNC(=O)c1cc(S(C)=O)cc2c1c(C)cn2C1CCCC1. The number of carbonyl (C=O) groups is 1. The first-order valence-electron chi connectivity index (χ1n) is 10.9. The van der Waals surface area contributed by atoms with Crippen LogP contribution in [0.25, 0.3) is 10.9 Å². The van der Waals surface area contributed by atoms with E-state index >= 15 is 0 Å². The number of dihydropyridines is 1. The average Bonchev–Trinajstić information content (AvgIpc) is 3.34. The quantitative estimate of drug-likeness (QED) is 0.701. The van der Waals surface area contributed by atoms with E-state index in [-0.39, 0.29) is 5.91 Å². The number of nitrogens with one attached hydrogen (secondary N) is 2. The maximum Gasteiger partial charge on any atom is 0.252 e. The number of aromatic nitrogens is 1. The van der Waals surface area contributed by atoms with Gasteiger partial charge in [0.2, 0.25) is 0 Å². The van der Waals surface area contributed by atoms with Gasteiger partial charge in [0.25, 0.3) is 5.91 Å². The molecule has 5 nitrogen and oxygen atoms in total. The molecule has 2 heterocycles. The lowest BCUT2D eigenvalue weighted by atomic mass is 10.0. The average molecular weight is 438 g/mol. The van der Waals surface area contributed by atoms with Crippen molar-refractivity contribution >= 4 is 27.6 Å². The van der Waals surface area contributed by atoms with E-state index in [0.717, 1.165) is 51.8 Å². The lowest BCUT2D eigenvalue weighted by molar-refractivity contribution is 0.0958. The van der Waals surface area contributed by atoms with E-state index in [1.54, 1.807) is 12.3 Å². The van der Waals surface area contributed by atoms with Crippen LogP contribution in [0.5, 0.6) is 0 Å². The number of fused-ring (bicyclic) bond motifs is 1. The van der Waals surface area contributed by atoms with Crippen LogP contribution in [0.4, 0.5) is 0 Å². The van der Waals surface area contributed by atoms with Crippen LogP contribution in [0.1, 0.15) is 61.5 Å². The largest absolute Gasteiger partial charge is 0.359 e. The van der Waals surface area contributed by atoms with Gasteiger partial charge < -0.3 is 15.2 Å². The van der Waals surface area contributed by atoms with Crippen molar-refractivity contribution in [3.05, 3.63) is 64.7 Å². The zero-order chi connectivity index (χ0) is 22.3. The summed E-state index contributed by atoms with van der Waals surface area (Å²) in [4.78, 5) is 14.0. The highest BCUT2D eigenvalue weighted by molar-refractivity contribution is 7.84. The van der Waals surface area contributed by atoms with Gasteiger partial charge in [-0.05, 0) is 68.5 Å². The molecule has 0 bridgehead atoms. The summed E-state index contributed by atoms with van der Waals surface area (Å²) < 4.78 is 14.7. The number of hydrogen-bond donors (Lipinski definition) is 2. The fourth-order valence-electron chi connectivity index (χ4n) is 4.90. The monoisotopic (exact) mass is 437 g/mol. The Bertz CT molecular complexity index is 1160. The minimum atomic E-state index is -1.17. The number of aryl methyl sites for hydroxylation is 1. The summed E-state index contributed by atoms with van der Waals surface area (Å²) in [7, 11) is -1.17. The van der Waals surface area contributed by atoms with Gasteiger partial charge in [0.1, 0.15) is 0 Å². The third-order valence-electron chi connectivity index (χ3n) is 6.44. The van der Waals surface area contributed by atoms with Crippen LogP contribution in [0.2, 0.25) is 0 Å². The summed E-state index contributed by atoms with van der Waals surface area (Å²) >= 11 is 0. The van der Waals surface area contributed by atoms with Gasteiger partial charge in [-0.3, -0.25) is 9.00 Å². The summed E-state index contributed by atoms with van der Waals surface area (Å²) in [6, 6.07) is 4.24. The highest BCUT2D eigenvalue weighted by atomic mass is 32.2. The molecule has 0 saturated heterocycles. The first-order chi connectivity index (χ1) is 14.8. The van der Waals surface area contributed by atoms with E-state index in [4.69, 9.17) is 0 Å².